The second-order valence-corrected chi connectivity index (χ2v) is 6.63. The van der Waals surface area contributed by atoms with Crippen LogP contribution < -0.4 is 15.1 Å². The van der Waals surface area contributed by atoms with Crippen LogP contribution in [-0.2, 0) is 0 Å². The largest absolute Gasteiger partial charge is 0.669 e. The normalized spacial score (nSPS) is 23.1. The van der Waals surface area contributed by atoms with Crippen molar-refractivity contribution in [2.24, 2.45) is 0 Å². The summed E-state index contributed by atoms with van der Waals surface area (Å²) in [4.78, 5) is 13.9. The number of carboxylic acid groups (broad SMARTS) is 1. The van der Waals surface area contributed by atoms with Crippen molar-refractivity contribution < 1.29 is 35.1 Å². The second-order valence-electron chi connectivity index (χ2n) is 6.63. The molecule has 1 fully saturated rings. The summed E-state index contributed by atoms with van der Waals surface area (Å²) in [6.45, 7) is 1.88. The van der Waals surface area contributed by atoms with Crippen LogP contribution in [0.15, 0.2) is 12.1 Å². The zero-order valence-corrected chi connectivity index (χ0v) is 13.6. The molecule has 1 atom stereocenters. The number of hydrogen-bond acceptors (Lipinski definition) is 6. The summed E-state index contributed by atoms with van der Waals surface area (Å²) in [5.41, 5.74) is 4.30. The monoisotopic (exact) mass is 338 g/mol. The van der Waals surface area contributed by atoms with Crippen LogP contribution in [0.4, 0.5) is 0 Å². The summed E-state index contributed by atoms with van der Waals surface area (Å²) in [7, 11) is 0. The van der Waals surface area contributed by atoms with Gasteiger partial charge in [-0.05, 0) is 17.5 Å². The highest BCUT2D eigenvalue weighted by molar-refractivity contribution is 6.59. The molecule has 0 spiro atoms. The Bertz CT molecular complexity index is 647. The van der Waals surface area contributed by atoms with Gasteiger partial charge in [-0.15, -0.1) is 0 Å². The molecule has 1 aromatic carbocycles. The van der Waals surface area contributed by atoms with Crippen molar-refractivity contribution in [1.29, 1.82) is 0 Å². The molecule has 9 heteroatoms. The van der Waals surface area contributed by atoms with Crippen LogP contribution in [-0.4, -0.2) is 65.1 Å². The molecule has 132 valence electrons. The molecule has 0 aliphatic carbocycles. The van der Waals surface area contributed by atoms with E-state index in [0.29, 0.717) is 5.56 Å². The third-order valence-electron chi connectivity index (χ3n) is 4.55. The SMILES string of the molecule is C[C@H]1C[B-](O)(O)Oc2c1ccc(OC1CN(CC[NH3+])C1)c2C(=O)O. The van der Waals surface area contributed by atoms with Crippen LogP contribution in [0, 0.1) is 0 Å². The standard InChI is InChI=1S/C15H22BN2O6/c1-9-6-16(21,22)24-14-11(9)2-3-12(13(14)15(19)20)23-10-7-18(8-10)5-4-17/h2-3,9-10,21-22H,4-8,17H2,1H3,(H,19,20)/q-1/p+1/t9-/m0/s1. The van der Waals surface area contributed by atoms with Gasteiger partial charge in [0.1, 0.15) is 17.4 Å². The van der Waals surface area contributed by atoms with E-state index < -0.39 is 12.7 Å². The van der Waals surface area contributed by atoms with Crippen molar-refractivity contribution in [1.82, 2.24) is 4.90 Å². The van der Waals surface area contributed by atoms with Crippen molar-refractivity contribution in [3.63, 3.8) is 0 Å². The second kappa shape index (κ2) is 6.25. The Morgan fingerprint density at radius 3 is 2.79 bits per heavy atom. The lowest BCUT2D eigenvalue weighted by Crippen LogP contribution is -2.61. The van der Waals surface area contributed by atoms with Gasteiger partial charge in [-0.25, -0.2) is 4.79 Å². The van der Waals surface area contributed by atoms with Gasteiger partial charge < -0.3 is 30.3 Å². The molecular formula is C15H23BN2O6. The maximum atomic E-state index is 11.7. The number of likely N-dealkylation sites (tertiary alicyclic amines) is 1. The number of rotatable bonds is 5. The maximum absolute atomic E-state index is 11.7. The first-order chi connectivity index (χ1) is 11.3. The molecule has 24 heavy (non-hydrogen) atoms. The summed E-state index contributed by atoms with van der Waals surface area (Å²) in [5.74, 6) is -1.23. The number of fused-ring (bicyclic) bond motifs is 1. The Balaban J connectivity index is 1.87. The summed E-state index contributed by atoms with van der Waals surface area (Å²) in [6.07, 6.45) is -0.0539. The van der Waals surface area contributed by atoms with Crippen molar-refractivity contribution >= 4 is 12.7 Å². The van der Waals surface area contributed by atoms with E-state index in [0.717, 1.165) is 26.2 Å². The number of quaternary nitrogens is 1. The van der Waals surface area contributed by atoms with Gasteiger partial charge in [0.15, 0.2) is 0 Å². The smallest absolute Gasteiger partial charge is 0.431 e. The average Bonchev–Trinajstić information content (AvgIpc) is 2.42. The third-order valence-corrected chi connectivity index (χ3v) is 4.55. The minimum atomic E-state index is -3.06. The molecular weight excluding hydrogens is 315 g/mol. The summed E-state index contributed by atoms with van der Waals surface area (Å²) >= 11 is 0. The fourth-order valence-electron chi connectivity index (χ4n) is 3.40. The molecule has 0 unspecified atom stereocenters. The lowest BCUT2D eigenvalue weighted by molar-refractivity contribution is -0.370. The molecule has 1 aromatic rings. The van der Waals surface area contributed by atoms with Gasteiger partial charge in [0.25, 0.3) is 0 Å². The fourth-order valence-corrected chi connectivity index (χ4v) is 3.40. The Morgan fingerprint density at radius 1 is 1.46 bits per heavy atom. The molecule has 6 N–H and O–H groups in total. The van der Waals surface area contributed by atoms with Crippen LogP contribution in [0.3, 0.4) is 0 Å². The van der Waals surface area contributed by atoms with E-state index >= 15 is 0 Å². The van der Waals surface area contributed by atoms with Crippen LogP contribution >= 0.6 is 0 Å². The first kappa shape index (κ1) is 17.0. The number of aromatic carboxylic acids is 1. The summed E-state index contributed by atoms with van der Waals surface area (Å²) in [5, 5.41) is 29.3. The molecule has 0 bridgehead atoms. The highest BCUT2D eigenvalue weighted by Crippen LogP contribution is 2.43. The van der Waals surface area contributed by atoms with Gasteiger partial charge in [0.2, 0.25) is 0 Å². The topological polar surface area (TPSA) is 127 Å². The lowest BCUT2D eigenvalue weighted by Gasteiger charge is -2.41. The summed E-state index contributed by atoms with van der Waals surface area (Å²) < 4.78 is 11.0. The lowest BCUT2D eigenvalue weighted by atomic mass is 9.65. The number of nitrogens with zero attached hydrogens (tertiary/aromatic N) is 1. The predicted molar refractivity (Wildman–Crippen MR) is 86.1 cm³/mol. The predicted octanol–water partition coefficient (Wildman–Crippen LogP) is -0.891. The number of ether oxygens (including phenoxy) is 1. The summed E-state index contributed by atoms with van der Waals surface area (Å²) in [6, 6.07) is 3.36. The van der Waals surface area contributed by atoms with Gasteiger partial charge in [-0.3, -0.25) is 4.90 Å². The molecule has 3 rings (SSSR count). The minimum Gasteiger partial charge on any atom is -0.669 e. The van der Waals surface area contributed by atoms with Crippen LogP contribution in [0.2, 0.25) is 6.32 Å². The average molecular weight is 338 g/mol. The first-order valence-electron chi connectivity index (χ1n) is 8.18. The van der Waals surface area contributed by atoms with Crippen molar-refractivity contribution in [3.8, 4) is 11.5 Å². The van der Waals surface area contributed by atoms with E-state index in [1.54, 1.807) is 19.1 Å². The maximum Gasteiger partial charge on any atom is 0.431 e. The number of carboxylic acids is 1. The van der Waals surface area contributed by atoms with Crippen molar-refractivity contribution in [2.75, 3.05) is 26.2 Å². The van der Waals surface area contributed by atoms with Gasteiger partial charge >= 0.3 is 12.7 Å². The number of benzene rings is 1. The van der Waals surface area contributed by atoms with Gasteiger partial charge in [-0.1, -0.05) is 19.3 Å². The van der Waals surface area contributed by atoms with E-state index in [2.05, 4.69) is 10.6 Å². The van der Waals surface area contributed by atoms with E-state index in [4.69, 9.17) is 9.39 Å². The van der Waals surface area contributed by atoms with Crippen LogP contribution in [0.1, 0.15) is 28.8 Å². The van der Waals surface area contributed by atoms with Gasteiger partial charge in [0.05, 0.1) is 12.3 Å². The Kier molecular flexibility index (Phi) is 4.43. The molecule has 0 aromatic heterocycles. The molecule has 2 aliphatic rings. The van der Waals surface area contributed by atoms with Crippen LogP contribution in [0.25, 0.3) is 0 Å². The highest BCUT2D eigenvalue weighted by atomic mass is 16.6. The van der Waals surface area contributed by atoms with Crippen LogP contribution in [0.5, 0.6) is 11.5 Å². The fraction of sp³-hybridized carbons (Fsp3) is 0.533. The molecule has 2 aliphatic heterocycles. The molecule has 1 saturated heterocycles. The first-order valence-corrected chi connectivity index (χ1v) is 8.18. The molecule has 0 amide bonds. The minimum absolute atomic E-state index is 0.00214. The van der Waals surface area contributed by atoms with Crippen molar-refractivity contribution in [3.05, 3.63) is 23.3 Å². The third kappa shape index (κ3) is 3.20. The van der Waals surface area contributed by atoms with E-state index in [1.165, 1.54) is 0 Å². The molecule has 0 saturated carbocycles. The van der Waals surface area contributed by atoms with Crippen molar-refractivity contribution in [2.45, 2.75) is 25.3 Å². The Labute approximate surface area is 139 Å². The molecule has 2 heterocycles. The Hall–Kier alpha value is -1.81. The number of carbonyl (C=O) groups is 1. The molecule has 8 nitrogen and oxygen atoms in total. The zero-order valence-electron chi connectivity index (χ0n) is 13.6. The highest BCUT2D eigenvalue weighted by Gasteiger charge is 2.37. The Morgan fingerprint density at radius 2 is 2.17 bits per heavy atom. The number of hydrogen-bond donors (Lipinski definition) is 4. The van der Waals surface area contributed by atoms with Gasteiger partial charge in [0, 0.05) is 19.6 Å². The zero-order chi connectivity index (χ0) is 17.5. The van der Waals surface area contributed by atoms with Gasteiger partial charge in [-0.2, -0.15) is 0 Å². The quantitative estimate of drug-likeness (QED) is 0.513. The van der Waals surface area contributed by atoms with E-state index in [1.807, 2.05) is 0 Å². The van der Waals surface area contributed by atoms with E-state index in [-0.39, 0.29) is 35.4 Å². The van der Waals surface area contributed by atoms with E-state index in [9.17, 15) is 19.9 Å². The molecule has 0 radical (unpaired) electrons.